The molecule has 0 heterocycles. The molecule has 6 nitrogen and oxygen atoms in total. The first-order valence-corrected chi connectivity index (χ1v) is 7.95. The van der Waals surface area contributed by atoms with Crippen LogP contribution in [0.4, 0.5) is 5.69 Å². The van der Waals surface area contributed by atoms with Crippen LogP contribution in [0.5, 0.6) is 5.75 Å². The van der Waals surface area contributed by atoms with Crippen LogP contribution >= 0.6 is 0 Å². The van der Waals surface area contributed by atoms with Crippen molar-refractivity contribution in [2.45, 2.75) is 11.8 Å². The number of aryl methyl sites for hydroxylation is 1. The third-order valence-electron chi connectivity index (χ3n) is 3.01. The van der Waals surface area contributed by atoms with Gasteiger partial charge in [-0.1, -0.05) is 17.7 Å². The molecule has 1 amide bonds. The Balaban J connectivity index is 2.33. The van der Waals surface area contributed by atoms with E-state index in [2.05, 4.69) is 5.32 Å². The standard InChI is InChI=1S/C15H16N2O4S/c1-10-4-3-5-11(8-10)15(18)17-12-6-7-13(21-2)14(9-12)22(16,19)20/h3-9H,1-2H3,(H,17,18)(H2,16,19,20). The SMILES string of the molecule is COc1ccc(NC(=O)c2cccc(C)c2)cc1S(N)(=O)=O. The smallest absolute Gasteiger partial charge is 0.255 e. The average molecular weight is 320 g/mol. The Morgan fingerprint density at radius 3 is 2.50 bits per heavy atom. The minimum Gasteiger partial charge on any atom is -0.495 e. The van der Waals surface area contributed by atoms with Gasteiger partial charge in [-0.3, -0.25) is 4.79 Å². The molecule has 0 aliphatic heterocycles. The van der Waals surface area contributed by atoms with E-state index in [1.165, 1.54) is 19.2 Å². The number of carbonyl (C=O) groups is 1. The molecule has 2 aromatic carbocycles. The Kier molecular flexibility index (Phi) is 4.48. The van der Waals surface area contributed by atoms with Crippen LogP contribution < -0.4 is 15.2 Å². The van der Waals surface area contributed by atoms with Gasteiger partial charge in [-0.25, -0.2) is 13.6 Å². The number of nitrogens with two attached hydrogens (primary N) is 1. The van der Waals surface area contributed by atoms with E-state index in [-0.39, 0.29) is 16.6 Å². The summed E-state index contributed by atoms with van der Waals surface area (Å²) in [6.07, 6.45) is 0. The normalized spacial score (nSPS) is 11.0. The number of nitrogens with one attached hydrogen (secondary N) is 1. The molecule has 0 aliphatic rings. The molecule has 0 bridgehead atoms. The molecule has 0 saturated carbocycles. The van der Waals surface area contributed by atoms with Crippen molar-refractivity contribution in [2.24, 2.45) is 5.14 Å². The Morgan fingerprint density at radius 1 is 1.18 bits per heavy atom. The van der Waals surface area contributed by atoms with Crippen molar-refractivity contribution in [1.29, 1.82) is 0 Å². The maximum Gasteiger partial charge on any atom is 0.255 e. The summed E-state index contributed by atoms with van der Waals surface area (Å²) in [5.74, 6) is -0.217. The van der Waals surface area contributed by atoms with Gasteiger partial charge in [-0.2, -0.15) is 0 Å². The zero-order valence-electron chi connectivity index (χ0n) is 12.2. The van der Waals surface area contributed by atoms with Gasteiger partial charge < -0.3 is 10.1 Å². The van der Waals surface area contributed by atoms with Crippen molar-refractivity contribution in [3.63, 3.8) is 0 Å². The molecule has 0 fully saturated rings. The Morgan fingerprint density at radius 2 is 1.91 bits per heavy atom. The Bertz CT molecular complexity index is 816. The minimum atomic E-state index is -3.95. The molecule has 22 heavy (non-hydrogen) atoms. The Labute approximate surface area is 129 Å². The predicted molar refractivity (Wildman–Crippen MR) is 83.5 cm³/mol. The highest BCUT2D eigenvalue weighted by molar-refractivity contribution is 7.89. The van der Waals surface area contributed by atoms with Crippen LogP contribution in [0.25, 0.3) is 0 Å². The van der Waals surface area contributed by atoms with E-state index in [1.54, 1.807) is 24.3 Å². The van der Waals surface area contributed by atoms with Crippen LogP contribution in [0.1, 0.15) is 15.9 Å². The molecule has 3 N–H and O–H groups in total. The molecular weight excluding hydrogens is 304 g/mol. The molecule has 0 aliphatic carbocycles. The number of ether oxygens (including phenoxy) is 1. The largest absolute Gasteiger partial charge is 0.495 e. The lowest BCUT2D eigenvalue weighted by Gasteiger charge is -2.10. The first kappa shape index (κ1) is 16.0. The number of benzene rings is 2. The summed E-state index contributed by atoms with van der Waals surface area (Å²) in [7, 11) is -2.61. The summed E-state index contributed by atoms with van der Waals surface area (Å²) in [5, 5.41) is 7.78. The van der Waals surface area contributed by atoms with E-state index in [0.29, 0.717) is 11.3 Å². The second-order valence-corrected chi connectivity index (χ2v) is 6.26. The summed E-state index contributed by atoms with van der Waals surface area (Å²) in [5.41, 5.74) is 1.75. The molecule has 0 aromatic heterocycles. The van der Waals surface area contributed by atoms with E-state index < -0.39 is 10.0 Å². The quantitative estimate of drug-likeness (QED) is 0.899. The summed E-state index contributed by atoms with van der Waals surface area (Å²) in [6.45, 7) is 1.88. The summed E-state index contributed by atoms with van der Waals surface area (Å²) in [4.78, 5) is 12.0. The summed E-state index contributed by atoms with van der Waals surface area (Å²) in [6, 6.07) is 11.3. The topological polar surface area (TPSA) is 98.5 Å². The highest BCUT2D eigenvalue weighted by atomic mass is 32.2. The molecule has 2 aromatic rings. The lowest BCUT2D eigenvalue weighted by molar-refractivity contribution is 0.102. The molecule has 116 valence electrons. The second kappa shape index (κ2) is 6.17. The molecule has 0 unspecified atom stereocenters. The number of rotatable bonds is 4. The van der Waals surface area contributed by atoms with Crippen LogP contribution in [0.2, 0.25) is 0 Å². The van der Waals surface area contributed by atoms with Gasteiger partial charge >= 0.3 is 0 Å². The van der Waals surface area contributed by atoms with Crippen molar-refractivity contribution >= 4 is 21.6 Å². The van der Waals surface area contributed by atoms with Gasteiger partial charge in [0.1, 0.15) is 10.6 Å². The molecule has 0 spiro atoms. The number of anilines is 1. The monoisotopic (exact) mass is 320 g/mol. The van der Waals surface area contributed by atoms with E-state index >= 15 is 0 Å². The third-order valence-corrected chi connectivity index (χ3v) is 3.94. The van der Waals surface area contributed by atoms with Gasteiger partial charge in [0.15, 0.2) is 0 Å². The van der Waals surface area contributed by atoms with Crippen molar-refractivity contribution in [3.8, 4) is 5.75 Å². The molecule has 0 saturated heterocycles. The van der Waals surface area contributed by atoms with E-state index in [4.69, 9.17) is 9.88 Å². The van der Waals surface area contributed by atoms with Crippen LogP contribution in [-0.2, 0) is 10.0 Å². The van der Waals surface area contributed by atoms with Gasteiger partial charge in [-0.05, 0) is 37.3 Å². The number of carbonyl (C=O) groups excluding carboxylic acids is 1. The second-order valence-electron chi connectivity index (χ2n) is 4.73. The van der Waals surface area contributed by atoms with Gasteiger partial charge in [0, 0.05) is 11.3 Å². The maximum absolute atomic E-state index is 12.2. The van der Waals surface area contributed by atoms with Crippen molar-refractivity contribution < 1.29 is 17.9 Å². The fourth-order valence-corrected chi connectivity index (χ4v) is 2.69. The van der Waals surface area contributed by atoms with Crippen molar-refractivity contribution in [2.75, 3.05) is 12.4 Å². The average Bonchev–Trinajstić information content (AvgIpc) is 2.46. The fourth-order valence-electron chi connectivity index (χ4n) is 1.97. The fraction of sp³-hybridized carbons (Fsp3) is 0.133. The van der Waals surface area contributed by atoms with E-state index in [9.17, 15) is 13.2 Å². The third kappa shape index (κ3) is 3.63. The number of primary sulfonamides is 1. The molecule has 0 atom stereocenters. The van der Waals surface area contributed by atoms with Gasteiger partial charge in [0.05, 0.1) is 7.11 Å². The van der Waals surface area contributed by atoms with E-state index in [1.807, 2.05) is 13.0 Å². The van der Waals surface area contributed by atoms with Crippen molar-refractivity contribution in [1.82, 2.24) is 0 Å². The van der Waals surface area contributed by atoms with Crippen molar-refractivity contribution in [3.05, 3.63) is 53.6 Å². The molecule has 2 rings (SSSR count). The highest BCUT2D eigenvalue weighted by Gasteiger charge is 2.16. The van der Waals surface area contributed by atoms with Crippen LogP contribution in [-0.4, -0.2) is 21.4 Å². The lowest BCUT2D eigenvalue weighted by Crippen LogP contribution is -2.16. The van der Waals surface area contributed by atoms with Crippen LogP contribution in [0, 0.1) is 6.92 Å². The number of methoxy groups -OCH3 is 1. The maximum atomic E-state index is 12.2. The van der Waals surface area contributed by atoms with Crippen LogP contribution in [0.15, 0.2) is 47.4 Å². The van der Waals surface area contributed by atoms with Gasteiger partial charge in [-0.15, -0.1) is 0 Å². The zero-order valence-corrected chi connectivity index (χ0v) is 13.0. The van der Waals surface area contributed by atoms with Crippen LogP contribution in [0.3, 0.4) is 0 Å². The predicted octanol–water partition coefficient (Wildman–Crippen LogP) is 1.90. The first-order valence-electron chi connectivity index (χ1n) is 6.40. The number of sulfonamides is 1. The first-order chi connectivity index (χ1) is 10.3. The summed E-state index contributed by atoms with van der Waals surface area (Å²) >= 11 is 0. The van der Waals surface area contributed by atoms with Gasteiger partial charge in [0.2, 0.25) is 10.0 Å². The summed E-state index contributed by atoms with van der Waals surface area (Å²) < 4.78 is 28.1. The van der Waals surface area contributed by atoms with Gasteiger partial charge in [0.25, 0.3) is 5.91 Å². The lowest BCUT2D eigenvalue weighted by atomic mass is 10.1. The zero-order chi connectivity index (χ0) is 16.3. The molecular formula is C15H16N2O4S. The number of hydrogen-bond acceptors (Lipinski definition) is 4. The molecule has 7 heteroatoms. The Hall–Kier alpha value is -2.38. The van der Waals surface area contributed by atoms with E-state index in [0.717, 1.165) is 5.56 Å². The highest BCUT2D eigenvalue weighted by Crippen LogP contribution is 2.26. The minimum absolute atomic E-state index is 0.121. The number of hydrogen-bond donors (Lipinski definition) is 2. The molecule has 0 radical (unpaired) electrons. The number of amides is 1.